The molecule has 0 aliphatic carbocycles. The molecule has 9 heteroatoms. The predicted molar refractivity (Wildman–Crippen MR) is 95.3 cm³/mol. The second kappa shape index (κ2) is 6.79. The summed E-state index contributed by atoms with van der Waals surface area (Å²) in [5.74, 6) is -0.698. The van der Waals surface area contributed by atoms with E-state index in [9.17, 15) is 9.59 Å². The van der Waals surface area contributed by atoms with Crippen LogP contribution in [0.1, 0.15) is 16.2 Å². The van der Waals surface area contributed by atoms with E-state index in [-0.39, 0.29) is 12.4 Å². The van der Waals surface area contributed by atoms with Crippen LogP contribution in [0.5, 0.6) is 0 Å². The van der Waals surface area contributed by atoms with E-state index in [1.807, 2.05) is 30.3 Å². The van der Waals surface area contributed by atoms with Gasteiger partial charge in [-0.1, -0.05) is 35.5 Å². The van der Waals surface area contributed by atoms with Gasteiger partial charge in [0.1, 0.15) is 5.52 Å². The van der Waals surface area contributed by atoms with Gasteiger partial charge < -0.3 is 4.74 Å². The standard InChI is InChI=1S/C18H14N6O3/c1-12-16(21-24(20-12)13-7-3-2-4-8-13)18(26)27-11-23-17(25)14-9-5-6-10-15(14)19-22-23/h2-10H,11H2,1H3. The number of rotatable bonds is 4. The Kier molecular flexibility index (Phi) is 4.17. The molecule has 0 aliphatic rings. The van der Waals surface area contributed by atoms with E-state index in [1.54, 1.807) is 31.2 Å². The minimum absolute atomic E-state index is 0.0700. The van der Waals surface area contributed by atoms with Crippen LogP contribution in [0.3, 0.4) is 0 Å². The van der Waals surface area contributed by atoms with Crippen molar-refractivity contribution in [2.45, 2.75) is 13.7 Å². The Hall–Kier alpha value is -3.88. The van der Waals surface area contributed by atoms with Gasteiger partial charge in [0.15, 0.2) is 12.4 Å². The number of aryl methyl sites for hydroxylation is 1. The van der Waals surface area contributed by atoms with Crippen LogP contribution in [-0.4, -0.2) is 36.0 Å². The van der Waals surface area contributed by atoms with Crippen LogP contribution in [0.4, 0.5) is 0 Å². The monoisotopic (exact) mass is 362 g/mol. The number of hydrogen-bond acceptors (Lipinski definition) is 7. The smallest absolute Gasteiger partial charge is 0.362 e. The molecule has 0 N–H and O–H groups in total. The van der Waals surface area contributed by atoms with Crippen LogP contribution in [0.15, 0.2) is 59.4 Å². The number of carbonyl (C=O) groups is 1. The summed E-state index contributed by atoms with van der Waals surface area (Å²) in [5, 5.41) is 16.5. The van der Waals surface area contributed by atoms with Gasteiger partial charge in [0.05, 0.1) is 16.8 Å². The number of benzene rings is 2. The molecule has 0 aliphatic heterocycles. The molecule has 4 aromatic rings. The average Bonchev–Trinajstić information content (AvgIpc) is 3.10. The molecule has 0 saturated heterocycles. The molecule has 0 amide bonds. The number of para-hydroxylation sites is 1. The van der Waals surface area contributed by atoms with Gasteiger partial charge in [-0.05, 0) is 31.2 Å². The van der Waals surface area contributed by atoms with Crippen molar-refractivity contribution in [2.75, 3.05) is 0 Å². The molecule has 0 atom stereocenters. The summed E-state index contributed by atoms with van der Waals surface area (Å²) in [5.41, 5.74) is 1.29. The molecule has 4 rings (SSSR count). The molecular formula is C18H14N6O3. The molecule has 0 unspecified atom stereocenters. The zero-order valence-corrected chi connectivity index (χ0v) is 14.3. The summed E-state index contributed by atoms with van der Waals surface area (Å²) in [6.45, 7) is 1.29. The number of esters is 1. The molecular weight excluding hydrogens is 348 g/mol. The number of carbonyl (C=O) groups excluding carboxylic acids is 1. The molecule has 27 heavy (non-hydrogen) atoms. The highest BCUT2D eigenvalue weighted by Crippen LogP contribution is 2.09. The molecule has 0 radical (unpaired) electrons. The zero-order chi connectivity index (χ0) is 18.8. The minimum atomic E-state index is -0.698. The Balaban J connectivity index is 1.54. The van der Waals surface area contributed by atoms with Crippen LogP contribution in [-0.2, 0) is 11.5 Å². The van der Waals surface area contributed by atoms with Gasteiger partial charge in [-0.15, -0.1) is 10.2 Å². The maximum absolute atomic E-state index is 12.4. The Morgan fingerprint density at radius 1 is 1.04 bits per heavy atom. The fourth-order valence-electron chi connectivity index (χ4n) is 2.54. The van der Waals surface area contributed by atoms with Gasteiger partial charge >= 0.3 is 5.97 Å². The Morgan fingerprint density at radius 2 is 1.78 bits per heavy atom. The first-order chi connectivity index (χ1) is 13.1. The normalized spacial score (nSPS) is 10.9. The predicted octanol–water partition coefficient (Wildman–Crippen LogP) is 1.50. The summed E-state index contributed by atoms with van der Waals surface area (Å²) >= 11 is 0. The van der Waals surface area contributed by atoms with Crippen LogP contribution >= 0.6 is 0 Å². The molecule has 2 aromatic heterocycles. The lowest BCUT2D eigenvalue weighted by molar-refractivity contribution is 0.0327. The lowest BCUT2D eigenvalue weighted by Crippen LogP contribution is -2.26. The third kappa shape index (κ3) is 3.17. The second-order valence-electron chi connectivity index (χ2n) is 5.73. The molecule has 0 fully saturated rings. The van der Waals surface area contributed by atoms with Crippen molar-refractivity contribution in [3.05, 3.63) is 76.3 Å². The van der Waals surface area contributed by atoms with E-state index in [0.717, 1.165) is 10.4 Å². The van der Waals surface area contributed by atoms with E-state index in [0.29, 0.717) is 16.6 Å². The van der Waals surface area contributed by atoms with Crippen molar-refractivity contribution in [1.82, 2.24) is 30.0 Å². The Morgan fingerprint density at radius 3 is 2.59 bits per heavy atom. The highest BCUT2D eigenvalue weighted by Gasteiger charge is 2.18. The zero-order valence-electron chi connectivity index (χ0n) is 14.3. The third-order valence-corrected chi connectivity index (χ3v) is 3.91. The maximum atomic E-state index is 12.4. The lowest BCUT2D eigenvalue weighted by atomic mass is 10.2. The van der Waals surface area contributed by atoms with Crippen LogP contribution in [0, 0.1) is 6.92 Å². The molecule has 2 heterocycles. The Bertz CT molecular complexity index is 1180. The van der Waals surface area contributed by atoms with Crippen molar-refractivity contribution >= 4 is 16.9 Å². The van der Waals surface area contributed by atoms with Crippen molar-refractivity contribution in [2.24, 2.45) is 0 Å². The molecule has 9 nitrogen and oxygen atoms in total. The van der Waals surface area contributed by atoms with Gasteiger partial charge in [-0.3, -0.25) is 4.79 Å². The van der Waals surface area contributed by atoms with Crippen molar-refractivity contribution in [3.63, 3.8) is 0 Å². The molecule has 0 spiro atoms. The topological polar surface area (TPSA) is 105 Å². The van der Waals surface area contributed by atoms with Gasteiger partial charge in [-0.25, -0.2) is 4.79 Å². The highest BCUT2D eigenvalue weighted by atomic mass is 16.5. The summed E-state index contributed by atoms with van der Waals surface area (Å²) in [6, 6.07) is 16.0. The van der Waals surface area contributed by atoms with Gasteiger partial charge in [-0.2, -0.15) is 14.6 Å². The summed E-state index contributed by atoms with van der Waals surface area (Å²) < 4.78 is 6.16. The Labute approximate surface area is 152 Å². The van der Waals surface area contributed by atoms with Crippen molar-refractivity contribution in [3.8, 4) is 5.69 Å². The van der Waals surface area contributed by atoms with Crippen LogP contribution in [0.25, 0.3) is 16.6 Å². The SMILES string of the molecule is Cc1nn(-c2ccccc2)nc1C(=O)OCn1nnc2ccccc2c1=O. The van der Waals surface area contributed by atoms with E-state index in [4.69, 9.17) is 4.74 Å². The summed E-state index contributed by atoms with van der Waals surface area (Å²) in [7, 11) is 0. The number of nitrogens with zero attached hydrogens (tertiary/aromatic N) is 6. The van der Waals surface area contributed by atoms with E-state index >= 15 is 0 Å². The number of fused-ring (bicyclic) bond motifs is 1. The van der Waals surface area contributed by atoms with E-state index in [2.05, 4.69) is 20.5 Å². The minimum Gasteiger partial charge on any atom is -0.437 e. The molecule has 0 bridgehead atoms. The summed E-state index contributed by atoms with van der Waals surface area (Å²) in [6.07, 6.45) is 0. The van der Waals surface area contributed by atoms with Crippen LogP contribution < -0.4 is 5.56 Å². The van der Waals surface area contributed by atoms with Gasteiger partial charge in [0, 0.05) is 0 Å². The first-order valence-electron chi connectivity index (χ1n) is 8.12. The van der Waals surface area contributed by atoms with Gasteiger partial charge in [0.2, 0.25) is 0 Å². The quantitative estimate of drug-likeness (QED) is 0.507. The fraction of sp³-hybridized carbons (Fsp3) is 0.111. The van der Waals surface area contributed by atoms with E-state index in [1.165, 1.54) is 4.80 Å². The van der Waals surface area contributed by atoms with E-state index < -0.39 is 11.5 Å². The molecule has 0 saturated carbocycles. The highest BCUT2D eigenvalue weighted by molar-refractivity contribution is 5.88. The fourth-order valence-corrected chi connectivity index (χ4v) is 2.54. The van der Waals surface area contributed by atoms with Gasteiger partial charge in [0.25, 0.3) is 5.56 Å². The van der Waals surface area contributed by atoms with Crippen molar-refractivity contribution < 1.29 is 9.53 Å². The third-order valence-electron chi connectivity index (χ3n) is 3.91. The second-order valence-corrected chi connectivity index (χ2v) is 5.73. The largest absolute Gasteiger partial charge is 0.437 e. The lowest BCUT2D eigenvalue weighted by Gasteiger charge is -2.05. The number of ether oxygens (including phenoxy) is 1. The van der Waals surface area contributed by atoms with Crippen LogP contribution in [0.2, 0.25) is 0 Å². The maximum Gasteiger partial charge on any atom is 0.362 e. The van der Waals surface area contributed by atoms with Crippen molar-refractivity contribution in [1.29, 1.82) is 0 Å². The molecule has 134 valence electrons. The summed E-state index contributed by atoms with van der Waals surface area (Å²) in [4.78, 5) is 26.1. The first-order valence-corrected chi connectivity index (χ1v) is 8.12. The number of aromatic nitrogens is 6. The first kappa shape index (κ1) is 16.6. The number of hydrogen-bond donors (Lipinski definition) is 0. The molecule has 2 aromatic carbocycles. The average molecular weight is 362 g/mol.